The molecule has 3 saturated carbocycles. The van der Waals surface area contributed by atoms with Gasteiger partial charge >= 0.3 is 0 Å². The normalized spacial score (nSPS) is 30.6. The summed E-state index contributed by atoms with van der Waals surface area (Å²) in [5, 5.41) is 10.3. The molecule has 146 valence electrons. The van der Waals surface area contributed by atoms with E-state index in [9.17, 15) is 13.6 Å². The summed E-state index contributed by atoms with van der Waals surface area (Å²) in [7, 11) is 0. The van der Waals surface area contributed by atoms with Crippen LogP contribution < -0.4 is 0 Å². The van der Waals surface area contributed by atoms with Gasteiger partial charge in [-0.3, -0.25) is 9.48 Å². The Kier molecular flexibility index (Phi) is 3.58. The third-order valence-electron chi connectivity index (χ3n) is 6.39. The highest BCUT2D eigenvalue weighted by Gasteiger charge is 2.72. The molecule has 2 heterocycles. The van der Waals surface area contributed by atoms with E-state index in [0.717, 1.165) is 43.1 Å². The van der Waals surface area contributed by atoms with Gasteiger partial charge in [0.25, 0.3) is 0 Å². The van der Waals surface area contributed by atoms with Crippen LogP contribution in [0.15, 0.2) is 35.7 Å². The van der Waals surface area contributed by atoms with Crippen LogP contribution in [0, 0.1) is 29.4 Å². The van der Waals surface area contributed by atoms with E-state index < -0.39 is 17.7 Å². The molecule has 2 bridgehead atoms. The van der Waals surface area contributed by atoms with Gasteiger partial charge in [0.1, 0.15) is 11.6 Å². The number of benzene rings is 1. The molecule has 7 heteroatoms. The number of aromatic nitrogens is 2. The zero-order chi connectivity index (χ0) is 19.7. The fourth-order valence-electron chi connectivity index (χ4n) is 5.41. The van der Waals surface area contributed by atoms with Crippen molar-refractivity contribution in [3.8, 4) is 0 Å². The van der Waals surface area contributed by atoms with E-state index in [1.165, 1.54) is 17.1 Å². The highest BCUT2D eigenvalue weighted by atomic mass is 19.1. The molecule has 0 N–H and O–H groups in total. The molecule has 6 rings (SSSR count). The lowest BCUT2D eigenvalue weighted by Crippen LogP contribution is -2.68. The lowest BCUT2D eigenvalue weighted by Gasteiger charge is -2.69. The number of aryl methyl sites for hydroxylation is 1. The van der Waals surface area contributed by atoms with Crippen molar-refractivity contribution in [3.63, 3.8) is 0 Å². The highest BCUT2D eigenvalue weighted by molar-refractivity contribution is 5.92. The summed E-state index contributed by atoms with van der Waals surface area (Å²) in [4.78, 5) is 13.3. The van der Waals surface area contributed by atoms with E-state index in [-0.39, 0.29) is 16.7 Å². The van der Waals surface area contributed by atoms with Gasteiger partial charge in [-0.1, -0.05) is 0 Å². The molecule has 5 nitrogen and oxygen atoms in total. The number of nitrogens with zero attached hydrogens (tertiary/aromatic N) is 4. The van der Waals surface area contributed by atoms with Crippen molar-refractivity contribution in [2.24, 2.45) is 15.9 Å². The minimum atomic E-state index is -0.633. The van der Waals surface area contributed by atoms with Crippen LogP contribution in [-0.2, 0) is 11.3 Å². The Morgan fingerprint density at radius 1 is 1.18 bits per heavy atom. The standard InChI is InChI=1S/C21H22F2N4O/c1-13-7-24-26(8-13)12-20-9-21(10-20,11-20)19(28)27-18(3-14(2)25-27)15-4-16(22)6-17(23)5-15/h4-8,18H,3,9-12H2,1-2H3. The van der Waals surface area contributed by atoms with Crippen molar-refractivity contribution in [1.29, 1.82) is 0 Å². The van der Waals surface area contributed by atoms with Crippen molar-refractivity contribution in [3.05, 3.63) is 53.4 Å². The fourth-order valence-corrected chi connectivity index (χ4v) is 5.41. The summed E-state index contributed by atoms with van der Waals surface area (Å²) in [6.45, 7) is 4.69. The van der Waals surface area contributed by atoms with Crippen molar-refractivity contribution >= 4 is 11.6 Å². The summed E-state index contributed by atoms with van der Waals surface area (Å²) in [5.41, 5.74) is 2.16. The third-order valence-corrected chi connectivity index (χ3v) is 6.39. The summed E-state index contributed by atoms with van der Waals surface area (Å²) in [6.07, 6.45) is 6.85. The number of carbonyl (C=O) groups is 1. The lowest BCUT2D eigenvalue weighted by molar-refractivity contribution is -0.223. The second-order valence-electron chi connectivity index (χ2n) is 8.93. The van der Waals surface area contributed by atoms with Crippen molar-refractivity contribution < 1.29 is 13.6 Å². The third kappa shape index (κ3) is 2.59. The van der Waals surface area contributed by atoms with Crippen LogP contribution >= 0.6 is 0 Å². The smallest absolute Gasteiger partial charge is 0.249 e. The first kappa shape index (κ1) is 17.5. The summed E-state index contributed by atoms with van der Waals surface area (Å²) in [6, 6.07) is 3.01. The highest BCUT2D eigenvalue weighted by Crippen LogP contribution is 2.74. The van der Waals surface area contributed by atoms with Gasteiger partial charge in [0.05, 0.1) is 17.7 Å². The monoisotopic (exact) mass is 384 g/mol. The van der Waals surface area contributed by atoms with Gasteiger partial charge in [-0.25, -0.2) is 13.8 Å². The maximum absolute atomic E-state index is 13.7. The van der Waals surface area contributed by atoms with Gasteiger partial charge in [-0.05, 0) is 61.8 Å². The molecular weight excluding hydrogens is 362 g/mol. The Balaban J connectivity index is 1.33. The molecule has 1 aromatic carbocycles. The topological polar surface area (TPSA) is 50.5 Å². The molecule has 0 radical (unpaired) electrons. The minimum absolute atomic E-state index is 0.0162. The van der Waals surface area contributed by atoms with Gasteiger partial charge < -0.3 is 0 Å². The van der Waals surface area contributed by atoms with Crippen LogP contribution in [0.5, 0.6) is 0 Å². The molecule has 3 fully saturated rings. The Bertz CT molecular complexity index is 972. The SMILES string of the molecule is CC1=NN(C(=O)C23CC(Cn4cc(C)cn4)(C2)C3)C(c2cc(F)cc(F)c2)C1. The Morgan fingerprint density at radius 2 is 1.86 bits per heavy atom. The zero-order valence-corrected chi connectivity index (χ0v) is 16.0. The molecule has 0 spiro atoms. The quantitative estimate of drug-likeness (QED) is 0.800. The van der Waals surface area contributed by atoms with E-state index in [1.54, 1.807) is 0 Å². The molecule has 3 aliphatic carbocycles. The van der Waals surface area contributed by atoms with Crippen LogP contribution in [-0.4, -0.2) is 26.4 Å². The van der Waals surface area contributed by atoms with Crippen molar-refractivity contribution in [1.82, 2.24) is 14.8 Å². The van der Waals surface area contributed by atoms with Gasteiger partial charge in [0.15, 0.2) is 0 Å². The Morgan fingerprint density at radius 3 is 2.46 bits per heavy atom. The van der Waals surface area contributed by atoms with Gasteiger partial charge in [-0.15, -0.1) is 0 Å². The average Bonchev–Trinajstić information content (AvgIpc) is 3.13. The Hall–Kier alpha value is -2.57. The average molecular weight is 384 g/mol. The largest absolute Gasteiger partial charge is 0.272 e. The van der Waals surface area contributed by atoms with Gasteiger partial charge in [0.2, 0.25) is 5.91 Å². The van der Waals surface area contributed by atoms with E-state index in [2.05, 4.69) is 10.2 Å². The van der Waals surface area contributed by atoms with Gasteiger partial charge in [-0.2, -0.15) is 10.2 Å². The second-order valence-corrected chi connectivity index (χ2v) is 8.93. The first-order chi connectivity index (χ1) is 13.3. The maximum atomic E-state index is 13.7. The van der Waals surface area contributed by atoms with Crippen LogP contribution in [0.1, 0.15) is 49.8 Å². The number of halogens is 2. The number of hydrazone groups is 1. The lowest BCUT2D eigenvalue weighted by atomic mass is 9.34. The molecule has 0 saturated heterocycles. The van der Waals surface area contributed by atoms with E-state index >= 15 is 0 Å². The minimum Gasteiger partial charge on any atom is -0.272 e. The molecule has 1 aromatic heterocycles. The first-order valence-electron chi connectivity index (χ1n) is 9.60. The number of rotatable bonds is 4. The maximum Gasteiger partial charge on any atom is 0.249 e. The van der Waals surface area contributed by atoms with Crippen molar-refractivity contribution in [2.75, 3.05) is 0 Å². The number of hydrogen-bond acceptors (Lipinski definition) is 3. The Labute approximate surface area is 162 Å². The van der Waals surface area contributed by atoms with Crippen LogP contribution in [0.25, 0.3) is 0 Å². The van der Waals surface area contributed by atoms with Crippen LogP contribution in [0.4, 0.5) is 8.78 Å². The molecule has 1 unspecified atom stereocenters. The fraction of sp³-hybridized carbons (Fsp3) is 0.476. The van der Waals surface area contributed by atoms with E-state index in [1.807, 2.05) is 30.9 Å². The number of hydrogen-bond donors (Lipinski definition) is 0. The van der Waals surface area contributed by atoms with Gasteiger partial charge in [0, 0.05) is 30.9 Å². The van der Waals surface area contributed by atoms with E-state index in [0.29, 0.717) is 12.0 Å². The second kappa shape index (κ2) is 5.72. The van der Waals surface area contributed by atoms with Crippen LogP contribution in [0.2, 0.25) is 0 Å². The summed E-state index contributed by atoms with van der Waals surface area (Å²) in [5.74, 6) is -1.28. The molecule has 2 aromatic rings. The van der Waals surface area contributed by atoms with Crippen LogP contribution in [0.3, 0.4) is 0 Å². The predicted octanol–water partition coefficient (Wildman–Crippen LogP) is 3.99. The molecular formula is C21H22F2N4O. The zero-order valence-electron chi connectivity index (χ0n) is 16.0. The predicted molar refractivity (Wildman–Crippen MR) is 99.4 cm³/mol. The molecule has 4 aliphatic rings. The molecule has 28 heavy (non-hydrogen) atoms. The first-order valence-corrected chi connectivity index (χ1v) is 9.60. The number of amides is 1. The van der Waals surface area contributed by atoms with Crippen molar-refractivity contribution in [2.45, 2.75) is 52.1 Å². The summed E-state index contributed by atoms with van der Waals surface area (Å²) < 4.78 is 29.3. The molecule has 1 atom stereocenters. The summed E-state index contributed by atoms with van der Waals surface area (Å²) >= 11 is 0. The number of carbonyl (C=O) groups excluding carboxylic acids is 1. The molecule has 1 aliphatic heterocycles. The molecule has 1 amide bonds. The van der Waals surface area contributed by atoms with E-state index in [4.69, 9.17) is 0 Å².